The van der Waals surface area contributed by atoms with Gasteiger partial charge in [-0.05, 0) is 26.0 Å². The second kappa shape index (κ2) is 5.63. The summed E-state index contributed by atoms with van der Waals surface area (Å²) in [6, 6.07) is 7.89. The highest BCUT2D eigenvalue weighted by atomic mass is 32.1. The highest BCUT2D eigenvalue weighted by Gasteiger charge is 2.13. The fourth-order valence-electron chi connectivity index (χ4n) is 1.59. The Kier molecular flexibility index (Phi) is 3.93. The van der Waals surface area contributed by atoms with E-state index in [2.05, 4.69) is 14.1 Å². The molecular formula is C12H15N3OS. The van der Waals surface area contributed by atoms with E-state index in [4.69, 9.17) is 4.74 Å². The topological polar surface area (TPSA) is 47.0 Å². The Bertz CT molecular complexity index is 484. The first-order chi connectivity index (χ1) is 8.36. The van der Waals surface area contributed by atoms with Crippen molar-refractivity contribution < 1.29 is 4.74 Å². The number of benzene rings is 1. The molecule has 0 atom stereocenters. The Hall–Kier alpha value is -1.62. The van der Waals surface area contributed by atoms with Gasteiger partial charge in [0.2, 0.25) is 0 Å². The maximum atomic E-state index is 5.60. The van der Waals surface area contributed by atoms with E-state index in [0.29, 0.717) is 6.61 Å². The van der Waals surface area contributed by atoms with E-state index in [1.807, 2.05) is 38.1 Å². The van der Waals surface area contributed by atoms with Gasteiger partial charge < -0.3 is 10.1 Å². The van der Waals surface area contributed by atoms with E-state index in [0.717, 1.165) is 29.4 Å². The minimum atomic E-state index is 0.644. The summed E-state index contributed by atoms with van der Waals surface area (Å²) in [7, 11) is 0. The van der Waals surface area contributed by atoms with E-state index in [9.17, 15) is 0 Å². The number of hydrogen-bond acceptors (Lipinski definition) is 5. The number of para-hydroxylation sites is 1. The smallest absolute Gasteiger partial charge is 0.168 e. The molecule has 5 heteroatoms. The van der Waals surface area contributed by atoms with Crippen molar-refractivity contribution in [2.75, 3.05) is 18.5 Å². The summed E-state index contributed by atoms with van der Waals surface area (Å²) in [4.78, 5) is 0. The van der Waals surface area contributed by atoms with Crippen LogP contribution in [0.3, 0.4) is 0 Å². The van der Waals surface area contributed by atoms with E-state index < -0.39 is 0 Å². The van der Waals surface area contributed by atoms with Gasteiger partial charge in [0.15, 0.2) is 5.82 Å². The molecule has 0 radical (unpaired) electrons. The van der Waals surface area contributed by atoms with Crippen LogP contribution >= 0.6 is 11.7 Å². The van der Waals surface area contributed by atoms with Crippen LogP contribution in [0.5, 0.6) is 5.75 Å². The van der Waals surface area contributed by atoms with Crippen molar-refractivity contribution in [1.82, 2.24) is 8.75 Å². The lowest BCUT2D eigenvalue weighted by Crippen LogP contribution is -1.99. The summed E-state index contributed by atoms with van der Waals surface area (Å²) in [5.41, 5.74) is 1.85. The molecule has 2 aromatic rings. The maximum Gasteiger partial charge on any atom is 0.168 e. The lowest BCUT2D eigenvalue weighted by Gasteiger charge is -2.09. The van der Waals surface area contributed by atoms with Crippen molar-refractivity contribution in [2.45, 2.75) is 13.8 Å². The molecule has 4 nitrogen and oxygen atoms in total. The predicted octanol–water partition coefficient (Wildman–Crippen LogP) is 3.04. The molecule has 0 amide bonds. The molecule has 0 saturated carbocycles. The molecule has 1 N–H and O–H groups in total. The Balaban J connectivity index is 2.41. The summed E-state index contributed by atoms with van der Waals surface area (Å²) in [5.74, 6) is 1.67. The standard InChI is InChI=1S/C12H15N3OS/c1-3-13-12-11(14-17-15-12)9-7-5-6-8-10(9)16-4-2/h5-8H,3-4H2,1-2H3,(H,13,15). The van der Waals surface area contributed by atoms with Crippen molar-refractivity contribution in [2.24, 2.45) is 0 Å². The largest absolute Gasteiger partial charge is 0.493 e. The van der Waals surface area contributed by atoms with Gasteiger partial charge >= 0.3 is 0 Å². The van der Waals surface area contributed by atoms with E-state index in [1.165, 1.54) is 11.7 Å². The Morgan fingerprint density at radius 2 is 2.06 bits per heavy atom. The molecule has 1 aromatic carbocycles. The third kappa shape index (κ3) is 2.55. The lowest BCUT2D eigenvalue weighted by molar-refractivity contribution is 0.341. The zero-order chi connectivity index (χ0) is 12.1. The number of anilines is 1. The highest BCUT2D eigenvalue weighted by Crippen LogP contribution is 2.33. The first kappa shape index (κ1) is 11.9. The maximum absolute atomic E-state index is 5.60. The van der Waals surface area contributed by atoms with Crippen LogP contribution in [0.1, 0.15) is 13.8 Å². The van der Waals surface area contributed by atoms with Crippen LogP contribution in [-0.4, -0.2) is 21.9 Å². The van der Waals surface area contributed by atoms with Crippen molar-refractivity contribution in [3.8, 4) is 17.0 Å². The fraction of sp³-hybridized carbons (Fsp3) is 0.333. The highest BCUT2D eigenvalue weighted by molar-refractivity contribution is 6.99. The first-order valence-electron chi connectivity index (χ1n) is 5.65. The predicted molar refractivity (Wildman–Crippen MR) is 70.7 cm³/mol. The van der Waals surface area contributed by atoms with Crippen LogP contribution in [0.4, 0.5) is 5.82 Å². The number of hydrogen-bond donors (Lipinski definition) is 1. The molecule has 1 heterocycles. The second-order valence-electron chi connectivity index (χ2n) is 3.42. The molecule has 1 aromatic heterocycles. The van der Waals surface area contributed by atoms with Gasteiger partial charge in [-0.1, -0.05) is 12.1 Å². The van der Waals surface area contributed by atoms with Crippen molar-refractivity contribution in [1.29, 1.82) is 0 Å². The van der Waals surface area contributed by atoms with E-state index in [-0.39, 0.29) is 0 Å². The van der Waals surface area contributed by atoms with Crippen LogP contribution in [-0.2, 0) is 0 Å². The van der Waals surface area contributed by atoms with Crippen molar-refractivity contribution in [3.05, 3.63) is 24.3 Å². The van der Waals surface area contributed by atoms with Gasteiger partial charge in [0.25, 0.3) is 0 Å². The molecule has 17 heavy (non-hydrogen) atoms. The lowest BCUT2D eigenvalue weighted by atomic mass is 10.1. The van der Waals surface area contributed by atoms with Gasteiger partial charge in [-0.2, -0.15) is 8.75 Å². The molecule has 0 aliphatic heterocycles. The number of ether oxygens (including phenoxy) is 1. The van der Waals surface area contributed by atoms with Gasteiger partial charge in [0.05, 0.1) is 18.3 Å². The van der Waals surface area contributed by atoms with Gasteiger partial charge in [-0.3, -0.25) is 0 Å². The Morgan fingerprint density at radius 3 is 2.82 bits per heavy atom. The molecule has 0 aliphatic carbocycles. The van der Waals surface area contributed by atoms with Gasteiger partial charge in [-0.15, -0.1) is 0 Å². The van der Waals surface area contributed by atoms with E-state index in [1.54, 1.807) is 0 Å². The molecular weight excluding hydrogens is 234 g/mol. The summed E-state index contributed by atoms with van der Waals surface area (Å²) in [6.07, 6.45) is 0. The average molecular weight is 249 g/mol. The molecule has 0 bridgehead atoms. The monoisotopic (exact) mass is 249 g/mol. The average Bonchev–Trinajstić information content (AvgIpc) is 2.79. The van der Waals surface area contributed by atoms with Crippen molar-refractivity contribution >= 4 is 17.5 Å². The molecule has 0 aliphatic rings. The molecule has 0 spiro atoms. The number of rotatable bonds is 5. The van der Waals surface area contributed by atoms with Gasteiger partial charge in [0, 0.05) is 12.1 Å². The van der Waals surface area contributed by atoms with E-state index >= 15 is 0 Å². The first-order valence-corrected chi connectivity index (χ1v) is 6.38. The molecule has 0 saturated heterocycles. The second-order valence-corrected chi connectivity index (χ2v) is 3.95. The zero-order valence-electron chi connectivity index (χ0n) is 9.93. The zero-order valence-corrected chi connectivity index (χ0v) is 10.8. The normalized spacial score (nSPS) is 10.2. The number of aromatic nitrogens is 2. The summed E-state index contributed by atoms with van der Waals surface area (Å²) in [5, 5.41) is 3.21. The molecule has 90 valence electrons. The number of nitrogens with zero attached hydrogens (tertiary/aromatic N) is 2. The summed E-state index contributed by atoms with van der Waals surface area (Å²) >= 11 is 1.21. The van der Waals surface area contributed by atoms with Crippen LogP contribution in [0.2, 0.25) is 0 Å². The van der Waals surface area contributed by atoms with Gasteiger partial charge in [0.1, 0.15) is 11.4 Å². The summed E-state index contributed by atoms with van der Waals surface area (Å²) < 4.78 is 14.2. The summed E-state index contributed by atoms with van der Waals surface area (Å²) in [6.45, 7) is 5.49. The molecule has 0 unspecified atom stereocenters. The minimum Gasteiger partial charge on any atom is -0.493 e. The van der Waals surface area contributed by atoms with Crippen LogP contribution < -0.4 is 10.1 Å². The quantitative estimate of drug-likeness (QED) is 0.884. The van der Waals surface area contributed by atoms with Gasteiger partial charge in [-0.25, -0.2) is 0 Å². The van der Waals surface area contributed by atoms with Crippen LogP contribution in [0, 0.1) is 0 Å². The fourth-order valence-corrected chi connectivity index (χ4v) is 2.13. The SMILES string of the molecule is CCNc1nsnc1-c1ccccc1OCC. The van der Waals surface area contributed by atoms with Crippen molar-refractivity contribution in [3.63, 3.8) is 0 Å². The Morgan fingerprint density at radius 1 is 1.24 bits per heavy atom. The number of nitrogens with one attached hydrogen (secondary N) is 1. The third-order valence-corrected chi connectivity index (χ3v) is 2.80. The molecule has 2 rings (SSSR count). The third-order valence-electron chi connectivity index (χ3n) is 2.27. The molecule has 0 fully saturated rings. The Labute approximate surface area is 105 Å². The minimum absolute atomic E-state index is 0.644. The van der Waals surface area contributed by atoms with Crippen LogP contribution in [0.25, 0.3) is 11.3 Å². The van der Waals surface area contributed by atoms with Crippen LogP contribution in [0.15, 0.2) is 24.3 Å².